The van der Waals surface area contributed by atoms with Gasteiger partial charge in [0, 0.05) is 10.9 Å². The van der Waals surface area contributed by atoms with Gasteiger partial charge in [-0.25, -0.2) is 4.98 Å². The number of hydrogen-bond acceptors (Lipinski definition) is 4. The highest BCUT2D eigenvalue weighted by Crippen LogP contribution is 2.33. The van der Waals surface area contributed by atoms with Crippen LogP contribution in [-0.2, 0) is 0 Å². The van der Waals surface area contributed by atoms with Crippen molar-refractivity contribution in [2.45, 2.75) is 0 Å². The van der Waals surface area contributed by atoms with E-state index < -0.39 is 0 Å². The summed E-state index contributed by atoms with van der Waals surface area (Å²) in [6, 6.07) is 2.06. The third-order valence-corrected chi connectivity index (χ3v) is 4.73. The van der Waals surface area contributed by atoms with Crippen molar-refractivity contribution in [3.05, 3.63) is 30.3 Å². The van der Waals surface area contributed by atoms with E-state index in [0.29, 0.717) is 5.13 Å². The number of nitrogens with zero attached hydrogens (tertiary/aromatic N) is 1. The molecule has 0 amide bonds. The summed E-state index contributed by atoms with van der Waals surface area (Å²) in [5.74, 6) is 0. The molecule has 2 rings (SSSR count). The first-order chi connectivity index (χ1) is 7.15. The highest BCUT2D eigenvalue weighted by atomic mass is 79.9. The van der Waals surface area contributed by atoms with Crippen molar-refractivity contribution in [1.29, 1.82) is 0 Å². The van der Waals surface area contributed by atoms with E-state index in [-0.39, 0.29) is 0 Å². The second-order valence-electron chi connectivity index (χ2n) is 2.72. The molecule has 15 heavy (non-hydrogen) atoms. The molecule has 0 unspecified atom stereocenters. The lowest BCUT2D eigenvalue weighted by Crippen LogP contribution is -1.80. The fraction of sp³-hybridized carbons (Fsp3) is 0. The lowest BCUT2D eigenvalue weighted by molar-refractivity contribution is 1.39. The van der Waals surface area contributed by atoms with Crippen LogP contribution in [0, 0.1) is 0 Å². The number of hydrogen-bond donors (Lipinski definition) is 1. The summed E-state index contributed by atoms with van der Waals surface area (Å²) in [6.07, 6.45) is 3.96. The predicted molar refractivity (Wildman–Crippen MR) is 75.2 cm³/mol. The molecule has 2 aromatic rings. The SMILES string of the molecule is Nc1nc(C=Cc2cc(Br)sc2Br)cs1. The third-order valence-electron chi connectivity index (χ3n) is 1.66. The fourth-order valence-electron chi connectivity index (χ4n) is 1.02. The van der Waals surface area contributed by atoms with Crippen molar-refractivity contribution >= 4 is 71.8 Å². The Kier molecular flexibility index (Phi) is 3.60. The van der Waals surface area contributed by atoms with Crippen molar-refractivity contribution < 1.29 is 0 Å². The third kappa shape index (κ3) is 2.90. The molecule has 0 aliphatic heterocycles. The number of nitrogens with two attached hydrogens (primary N) is 1. The number of thiazole rings is 1. The minimum absolute atomic E-state index is 0.597. The summed E-state index contributed by atoms with van der Waals surface area (Å²) in [5.41, 5.74) is 7.57. The zero-order valence-electron chi connectivity index (χ0n) is 7.41. The van der Waals surface area contributed by atoms with Gasteiger partial charge < -0.3 is 5.73 Å². The zero-order valence-corrected chi connectivity index (χ0v) is 12.2. The maximum Gasteiger partial charge on any atom is 0.180 e. The first-order valence-electron chi connectivity index (χ1n) is 3.99. The van der Waals surface area contributed by atoms with Gasteiger partial charge in [0.05, 0.1) is 13.3 Å². The second kappa shape index (κ2) is 4.78. The van der Waals surface area contributed by atoms with Crippen LogP contribution in [0.15, 0.2) is 19.0 Å². The molecule has 0 saturated carbocycles. The molecule has 0 aliphatic carbocycles. The normalized spacial score (nSPS) is 11.3. The monoisotopic (exact) mass is 364 g/mol. The van der Waals surface area contributed by atoms with Gasteiger partial charge in [-0.05, 0) is 44.0 Å². The van der Waals surface area contributed by atoms with Gasteiger partial charge in [-0.15, -0.1) is 22.7 Å². The average Bonchev–Trinajstić information content (AvgIpc) is 2.70. The Bertz CT molecular complexity index is 502. The molecule has 2 aromatic heterocycles. The van der Waals surface area contributed by atoms with Crippen LogP contribution in [0.1, 0.15) is 11.3 Å². The molecule has 0 aliphatic rings. The van der Waals surface area contributed by atoms with Crippen molar-refractivity contribution in [3.63, 3.8) is 0 Å². The van der Waals surface area contributed by atoms with E-state index in [0.717, 1.165) is 18.8 Å². The van der Waals surface area contributed by atoms with Crippen molar-refractivity contribution in [2.75, 3.05) is 5.73 Å². The van der Waals surface area contributed by atoms with Crippen LogP contribution < -0.4 is 5.73 Å². The number of halogens is 2. The molecule has 0 fully saturated rings. The Balaban J connectivity index is 2.21. The molecule has 0 aromatic carbocycles. The number of nitrogen functional groups attached to an aromatic ring is 1. The zero-order chi connectivity index (χ0) is 10.8. The van der Waals surface area contributed by atoms with Gasteiger partial charge in [-0.1, -0.05) is 6.08 Å². The molecule has 2 N–H and O–H groups in total. The van der Waals surface area contributed by atoms with Gasteiger partial charge in [0.25, 0.3) is 0 Å². The lowest BCUT2D eigenvalue weighted by atomic mass is 10.3. The summed E-state index contributed by atoms with van der Waals surface area (Å²) in [7, 11) is 0. The van der Waals surface area contributed by atoms with Gasteiger partial charge in [0.1, 0.15) is 0 Å². The van der Waals surface area contributed by atoms with Gasteiger partial charge in [0.15, 0.2) is 5.13 Å². The van der Waals surface area contributed by atoms with Crippen LogP contribution in [0.2, 0.25) is 0 Å². The van der Waals surface area contributed by atoms with E-state index in [1.807, 2.05) is 17.5 Å². The van der Waals surface area contributed by atoms with Crippen LogP contribution in [0.3, 0.4) is 0 Å². The van der Waals surface area contributed by atoms with Crippen molar-refractivity contribution in [2.24, 2.45) is 0 Å². The molecule has 0 atom stereocenters. The summed E-state index contributed by atoms with van der Waals surface area (Å²) in [5, 5.41) is 2.53. The summed E-state index contributed by atoms with van der Waals surface area (Å²) < 4.78 is 2.21. The van der Waals surface area contributed by atoms with Crippen molar-refractivity contribution in [3.8, 4) is 0 Å². The lowest BCUT2D eigenvalue weighted by Gasteiger charge is -1.86. The van der Waals surface area contributed by atoms with E-state index in [9.17, 15) is 0 Å². The van der Waals surface area contributed by atoms with Gasteiger partial charge in [0.2, 0.25) is 0 Å². The maximum atomic E-state index is 5.54. The molecule has 78 valence electrons. The van der Waals surface area contributed by atoms with Crippen molar-refractivity contribution in [1.82, 2.24) is 4.98 Å². The summed E-state index contributed by atoms with van der Waals surface area (Å²) >= 11 is 10.0. The van der Waals surface area contributed by atoms with Gasteiger partial charge in [-0.2, -0.15) is 0 Å². The van der Waals surface area contributed by atoms with Crippen LogP contribution in [-0.4, -0.2) is 4.98 Å². The van der Waals surface area contributed by atoms with Crippen LogP contribution >= 0.6 is 54.5 Å². The topological polar surface area (TPSA) is 38.9 Å². The maximum absolute atomic E-state index is 5.54. The smallest absolute Gasteiger partial charge is 0.180 e. The average molecular weight is 366 g/mol. The summed E-state index contributed by atoms with van der Waals surface area (Å²) in [6.45, 7) is 0. The highest BCUT2D eigenvalue weighted by molar-refractivity contribution is 9.12. The fourth-order valence-corrected chi connectivity index (χ4v) is 4.31. The molecular weight excluding hydrogens is 360 g/mol. The van der Waals surface area contributed by atoms with Gasteiger partial charge >= 0.3 is 0 Å². The van der Waals surface area contributed by atoms with Crippen LogP contribution in [0.25, 0.3) is 12.2 Å². The van der Waals surface area contributed by atoms with Crippen LogP contribution in [0.5, 0.6) is 0 Å². The molecule has 0 radical (unpaired) electrons. The van der Waals surface area contributed by atoms with E-state index >= 15 is 0 Å². The first-order valence-corrected chi connectivity index (χ1v) is 7.27. The molecular formula is C9H6Br2N2S2. The van der Waals surface area contributed by atoms with Gasteiger partial charge in [-0.3, -0.25) is 0 Å². The minimum Gasteiger partial charge on any atom is -0.375 e. The molecule has 0 spiro atoms. The second-order valence-corrected chi connectivity index (χ2v) is 7.36. The quantitative estimate of drug-likeness (QED) is 0.851. The molecule has 2 nitrogen and oxygen atoms in total. The Morgan fingerprint density at radius 2 is 2.13 bits per heavy atom. The number of rotatable bonds is 2. The molecule has 0 bridgehead atoms. The first kappa shape index (κ1) is 11.3. The highest BCUT2D eigenvalue weighted by Gasteiger charge is 2.01. The Morgan fingerprint density at radius 1 is 1.33 bits per heavy atom. The number of aromatic nitrogens is 1. The summed E-state index contributed by atoms with van der Waals surface area (Å²) in [4.78, 5) is 4.15. The van der Waals surface area contributed by atoms with E-state index in [1.165, 1.54) is 11.3 Å². The van der Waals surface area contributed by atoms with Crippen LogP contribution in [0.4, 0.5) is 5.13 Å². The Hall–Kier alpha value is -0.170. The molecule has 0 saturated heterocycles. The molecule has 2 heterocycles. The van der Waals surface area contributed by atoms with E-state index in [1.54, 1.807) is 11.3 Å². The van der Waals surface area contributed by atoms with E-state index in [2.05, 4.69) is 42.9 Å². The largest absolute Gasteiger partial charge is 0.375 e. The Labute approximate surface area is 112 Å². The number of thiophene rings is 1. The molecule has 6 heteroatoms. The number of anilines is 1. The van der Waals surface area contributed by atoms with E-state index in [4.69, 9.17) is 5.73 Å². The standard InChI is InChI=1S/C9H6Br2N2S2/c10-7-3-5(8(11)15-7)1-2-6-4-14-9(12)13-6/h1-4H,(H2,12,13). The minimum atomic E-state index is 0.597. The predicted octanol–water partition coefficient (Wildman–Crippen LogP) is 4.48. The Morgan fingerprint density at radius 3 is 2.67 bits per heavy atom.